The summed E-state index contributed by atoms with van der Waals surface area (Å²) in [7, 11) is 1.54. The van der Waals surface area contributed by atoms with E-state index in [1.54, 1.807) is 54.0 Å². The van der Waals surface area contributed by atoms with Gasteiger partial charge in [-0.1, -0.05) is 29.0 Å². The first-order chi connectivity index (χ1) is 19.5. The molecular formula is C30H30ClFN4O4S. The number of halogens is 2. The Morgan fingerprint density at radius 3 is 2.29 bits per heavy atom. The highest BCUT2D eigenvalue weighted by Crippen LogP contribution is 2.41. The number of aromatic nitrogens is 2. The summed E-state index contributed by atoms with van der Waals surface area (Å²) in [6.45, 7) is 7.71. The van der Waals surface area contributed by atoms with Gasteiger partial charge in [0.05, 0.1) is 17.8 Å². The van der Waals surface area contributed by atoms with Crippen LogP contribution in [0.25, 0.3) is 27.9 Å². The van der Waals surface area contributed by atoms with E-state index in [0.29, 0.717) is 65.1 Å². The van der Waals surface area contributed by atoms with Crippen LogP contribution in [0.4, 0.5) is 15.0 Å². The topological polar surface area (TPSA) is 76.9 Å². The van der Waals surface area contributed by atoms with E-state index < -0.39 is 11.4 Å². The molecule has 0 saturated carbocycles. The van der Waals surface area contributed by atoms with Gasteiger partial charge in [-0.05, 0) is 68.3 Å². The molecule has 0 bridgehead atoms. The summed E-state index contributed by atoms with van der Waals surface area (Å²) in [4.78, 5) is 32.8. The zero-order valence-electron chi connectivity index (χ0n) is 23.2. The van der Waals surface area contributed by atoms with Crippen molar-refractivity contribution in [3.05, 3.63) is 80.7 Å². The third-order valence-electron chi connectivity index (χ3n) is 6.66. The van der Waals surface area contributed by atoms with Crippen LogP contribution in [0.15, 0.2) is 65.0 Å². The van der Waals surface area contributed by atoms with Crippen LogP contribution in [-0.2, 0) is 4.74 Å². The SMILES string of the molecule is COc1c(-c2ccnc(N3CCN(C(=O)OC(C)(C)C)CC3)c2)cc(F)cc1-c1ccc(-n2ccsc2=O)c(Cl)c1. The van der Waals surface area contributed by atoms with Crippen molar-refractivity contribution >= 4 is 34.8 Å². The molecule has 1 amide bonds. The Kier molecular flexibility index (Phi) is 8.06. The van der Waals surface area contributed by atoms with Crippen LogP contribution in [0, 0.1) is 5.82 Å². The normalized spacial score (nSPS) is 13.8. The minimum Gasteiger partial charge on any atom is -0.495 e. The Bertz CT molecular complexity index is 1640. The van der Waals surface area contributed by atoms with Gasteiger partial charge in [-0.25, -0.2) is 14.2 Å². The van der Waals surface area contributed by atoms with E-state index in [9.17, 15) is 9.59 Å². The van der Waals surface area contributed by atoms with Crippen LogP contribution in [0.3, 0.4) is 0 Å². The molecule has 0 atom stereocenters. The Balaban J connectivity index is 1.43. The van der Waals surface area contributed by atoms with Crippen LogP contribution in [0.1, 0.15) is 20.8 Å². The number of thiazole rings is 1. The Hall–Kier alpha value is -3.89. The van der Waals surface area contributed by atoms with Crippen molar-refractivity contribution in [1.29, 1.82) is 0 Å². The maximum atomic E-state index is 15.1. The van der Waals surface area contributed by atoms with Gasteiger partial charge in [-0.3, -0.25) is 9.36 Å². The van der Waals surface area contributed by atoms with Crippen LogP contribution in [0.5, 0.6) is 5.75 Å². The molecule has 214 valence electrons. The average Bonchev–Trinajstić information content (AvgIpc) is 3.37. The highest BCUT2D eigenvalue weighted by Gasteiger charge is 2.27. The van der Waals surface area contributed by atoms with Gasteiger partial charge in [0.15, 0.2) is 0 Å². The molecule has 8 nitrogen and oxygen atoms in total. The Morgan fingerprint density at radius 2 is 1.71 bits per heavy atom. The first kappa shape index (κ1) is 28.6. The van der Waals surface area contributed by atoms with Gasteiger partial charge in [-0.15, -0.1) is 0 Å². The van der Waals surface area contributed by atoms with E-state index in [1.165, 1.54) is 16.7 Å². The van der Waals surface area contributed by atoms with Gasteiger partial charge in [0.2, 0.25) is 0 Å². The fourth-order valence-corrected chi connectivity index (χ4v) is 5.60. The number of piperazine rings is 1. The summed E-state index contributed by atoms with van der Waals surface area (Å²) in [6.07, 6.45) is 3.01. The summed E-state index contributed by atoms with van der Waals surface area (Å²) in [5.74, 6) is 0.761. The van der Waals surface area contributed by atoms with Crippen molar-refractivity contribution in [2.24, 2.45) is 0 Å². The third kappa shape index (κ3) is 6.23. The molecule has 41 heavy (non-hydrogen) atoms. The van der Waals surface area contributed by atoms with Gasteiger partial charge in [0.1, 0.15) is 23.0 Å². The molecule has 0 unspecified atom stereocenters. The molecule has 2 aromatic heterocycles. The van der Waals surface area contributed by atoms with Gasteiger partial charge in [0, 0.05) is 55.1 Å². The Morgan fingerprint density at radius 1 is 1.02 bits per heavy atom. The van der Waals surface area contributed by atoms with E-state index in [1.807, 2.05) is 26.8 Å². The summed E-state index contributed by atoms with van der Waals surface area (Å²) in [5.41, 5.74) is 2.46. The van der Waals surface area contributed by atoms with Gasteiger partial charge in [-0.2, -0.15) is 0 Å². The Labute approximate surface area is 246 Å². The third-order valence-corrected chi connectivity index (χ3v) is 7.62. The quantitative estimate of drug-likeness (QED) is 0.262. The number of pyridine rings is 1. The number of anilines is 1. The molecule has 3 heterocycles. The van der Waals surface area contributed by atoms with Crippen LogP contribution >= 0.6 is 22.9 Å². The van der Waals surface area contributed by atoms with E-state index in [2.05, 4.69) is 9.88 Å². The van der Waals surface area contributed by atoms with E-state index in [4.69, 9.17) is 21.1 Å². The molecule has 5 rings (SSSR count). The number of nitrogens with zero attached hydrogens (tertiary/aromatic N) is 4. The number of methoxy groups -OCH3 is 1. The van der Waals surface area contributed by atoms with E-state index in [-0.39, 0.29) is 11.0 Å². The molecule has 0 spiro atoms. The first-order valence-electron chi connectivity index (χ1n) is 13.1. The van der Waals surface area contributed by atoms with Crippen molar-refractivity contribution in [2.45, 2.75) is 26.4 Å². The van der Waals surface area contributed by atoms with E-state index >= 15 is 4.39 Å². The maximum Gasteiger partial charge on any atom is 0.410 e. The second kappa shape index (κ2) is 11.5. The highest BCUT2D eigenvalue weighted by molar-refractivity contribution is 7.07. The largest absolute Gasteiger partial charge is 0.495 e. The van der Waals surface area contributed by atoms with Crippen molar-refractivity contribution < 1.29 is 18.7 Å². The fourth-order valence-electron chi connectivity index (χ4n) is 4.76. The predicted octanol–water partition coefficient (Wildman–Crippen LogP) is 6.49. The lowest BCUT2D eigenvalue weighted by Crippen LogP contribution is -2.50. The number of carbonyl (C=O) groups is 1. The molecule has 0 N–H and O–H groups in total. The summed E-state index contributed by atoms with van der Waals surface area (Å²) in [6, 6.07) is 11.8. The smallest absolute Gasteiger partial charge is 0.410 e. The average molecular weight is 597 g/mol. The second-order valence-corrected chi connectivity index (χ2v) is 11.9. The molecule has 1 saturated heterocycles. The molecule has 1 aliphatic heterocycles. The monoisotopic (exact) mass is 596 g/mol. The van der Waals surface area contributed by atoms with Crippen molar-refractivity contribution in [3.63, 3.8) is 0 Å². The lowest BCUT2D eigenvalue weighted by molar-refractivity contribution is 0.0240. The van der Waals surface area contributed by atoms with Crippen LogP contribution in [-0.4, -0.2) is 59.4 Å². The number of hydrogen-bond donors (Lipinski definition) is 0. The van der Waals surface area contributed by atoms with Gasteiger partial charge >= 0.3 is 11.0 Å². The van der Waals surface area contributed by atoms with Crippen molar-refractivity contribution in [2.75, 3.05) is 38.2 Å². The number of amides is 1. The minimum absolute atomic E-state index is 0.148. The molecule has 1 fully saturated rings. The number of carbonyl (C=O) groups excluding carboxylic acids is 1. The second-order valence-electron chi connectivity index (χ2n) is 10.6. The van der Waals surface area contributed by atoms with Crippen LogP contribution < -0.4 is 14.5 Å². The number of ether oxygens (including phenoxy) is 2. The number of hydrogen-bond acceptors (Lipinski definition) is 7. The van der Waals surface area contributed by atoms with E-state index in [0.717, 1.165) is 16.9 Å². The lowest BCUT2D eigenvalue weighted by atomic mass is 9.97. The van der Waals surface area contributed by atoms with Gasteiger partial charge < -0.3 is 19.3 Å². The standard InChI is InChI=1S/C30H30ClFN4O4S/c1-30(2,3)40-28(37)35-11-9-34(10-12-35)26-16-20(7-8-33-26)23-18-21(32)17-22(27(23)39-4)19-5-6-25(24(31)15-19)36-13-14-41-29(36)38/h5-8,13-18H,9-12H2,1-4H3. The predicted molar refractivity (Wildman–Crippen MR) is 160 cm³/mol. The summed E-state index contributed by atoms with van der Waals surface area (Å²) < 4.78 is 27.8. The number of rotatable bonds is 5. The summed E-state index contributed by atoms with van der Waals surface area (Å²) in [5, 5.41) is 2.05. The minimum atomic E-state index is -0.552. The molecular weight excluding hydrogens is 567 g/mol. The van der Waals surface area contributed by atoms with Crippen molar-refractivity contribution in [1.82, 2.24) is 14.5 Å². The summed E-state index contributed by atoms with van der Waals surface area (Å²) >= 11 is 7.65. The lowest BCUT2D eigenvalue weighted by Gasteiger charge is -2.36. The van der Waals surface area contributed by atoms with Crippen molar-refractivity contribution in [3.8, 4) is 33.7 Å². The molecule has 1 aliphatic rings. The first-order valence-corrected chi connectivity index (χ1v) is 14.3. The molecule has 0 aliphatic carbocycles. The fraction of sp³-hybridized carbons (Fsp3) is 0.300. The number of benzene rings is 2. The molecule has 4 aromatic rings. The zero-order valence-corrected chi connectivity index (χ0v) is 24.8. The zero-order chi connectivity index (χ0) is 29.3. The van der Waals surface area contributed by atoms with Crippen LogP contribution in [0.2, 0.25) is 5.02 Å². The van der Waals surface area contributed by atoms with Gasteiger partial charge in [0.25, 0.3) is 0 Å². The molecule has 11 heteroatoms. The molecule has 0 radical (unpaired) electrons. The highest BCUT2D eigenvalue weighted by atomic mass is 35.5. The molecule has 2 aromatic carbocycles. The maximum absolute atomic E-state index is 15.1.